The number of ether oxygens (including phenoxy) is 2. The van der Waals surface area contributed by atoms with E-state index in [-0.39, 0.29) is 18.0 Å². The van der Waals surface area contributed by atoms with Crippen molar-refractivity contribution in [1.29, 1.82) is 0 Å². The van der Waals surface area contributed by atoms with Gasteiger partial charge in [-0.1, -0.05) is 12.1 Å². The predicted octanol–water partition coefficient (Wildman–Crippen LogP) is 4.86. The van der Waals surface area contributed by atoms with Crippen molar-refractivity contribution in [3.8, 4) is 5.75 Å². The molecule has 3 heterocycles. The Kier molecular flexibility index (Phi) is 5.80. The number of amides is 1. The molecule has 0 spiro atoms. The number of nitrogens with zero attached hydrogens (tertiary/aromatic N) is 1. The molecular weight excluding hydrogens is 406 g/mol. The van der Waals surface area contributed by atoms with Crippen LogP contribution in [0.4, 0.5) is 0 Å². The molecule has 1 atom stereocenters. The molecule has 150 valence electrons. The number of aryl methyl sites for hydroxylation is 2. The molecule has 1 amide bonds. The van der Waals surface area contributed by atoms with E-state index in [0.29, 0.717) is 30.3 Å². The van der Waals surface area contributed by atoms with Gasteiger partial charge in [0, 0.05) is 16.3 Å². The third-order valence-corrected chi connectivity index (χ3v) is 6.66. The van der Waals surface area contributed by atoms with Gasteiger partial charge in [-0.25, -0.2) is 4.79 Å². The van der Waals surface area contributed by atoms with Crippen LogP contribution in [0.2, 0.25) is 0 Å². The maximum atomic E-state index is 12.8. The summed E-state index contributed by atoms with van der Waals surface area (Å²) >= 11 is 2.91. The zero-order chi connectivity index (χ0) is 20.4. The van der Waals surface area contributed by atoms with Gasteiger partial charge < -0.3 is 14.4 Å². The average Bonchev–Trinajstić information content (AvgIpc) is 3.36. The maximum Gasteiger partial charge on any atom is 0.353 e. The highest BCUT2D eigenvalue weighted by molar-refractivity contribution is 7.14. The Morgan fingerprint density at radius 1 is 1.03 bits per heavy atom. The van der Waals surface area contributed by atoms with Gasteiger partial charge in [0.1, 0.15) is 16.7 Å². The van der Waals surface area contributed by atoms with Crippen molar-refractivity contribution in [2.45, 2.75) is 20.0 Å². The Hall–Kier alpha value is -2.48. The number of hydrogen-bond acceptors (Lipinski definition) is 6. The summed E-state index contributed by atoms with van der Waals surface area (Å²) in [5, 5.41) is 0. The lowest BCUT2D eigenvalue weighted by atomic mass is 10.1. The van der Waals surface area contributed by atoms with E-state index in [4.69, 9.17) is 9.47 Å². The van der Waals surface area contributed by atoms with Crippen LogP contribution in [0.5, 0.6) is 5.75 Å². The number of carbonyl (C=O) groups excluding carboxylic acids is 2. The molecule has 0 saturated carbocycles. The van der Waals surface area contributed by atoms with Crippen molar-refractivity contribution < 1.29 is 19.1 Å². The Balaban J connectivity index is 1.46. The lowest BCUT2D eigenvalue weighted by molar-refractivity contribution is -0.0227. The first kappa shape index (κ1) is 19.8. The molecule has 1 fully saturated rings. The van der Waals surface area contributed by atoms with Crippen molar-refractivity contribution in [3.63, 3.8) is 0 Å². The third kappa shape index (κ3) is 4.58. The van der Waals surface area contributed by atoms with Crippen LogP contribution in [0.15, 0.2) is 48.5 Å². The van der Waals surface area contributed by atoms with Gasteiger partial charge in [-0.05, 0) is 55.8 Å². The molecule has 2 aromatic heterocycles. The Labute approximate surface area is 177 Å². The molecular formula is C22H21NO4S2. The summed E-state index contributed by atoms with van der Waals surface area (Å²) in [5.41, 5.74) is 0.887. The number of hydrogen-bond donors (Lipinski definition) is 0. The smallest absolute Gasteiger partial charge is 0.353 e. The van der Waals surface area contributed by atoms with Gasteiger partial charge in [0.25, 0.3) is 5.91 Å². The zero-order valence-electron chi connectivity index (χ0n) is 16.2. The summed E-state index contributed by atoms with van der Waals surface area (Å²) in [5.74, 6) is 0.140. The minimum absolute atomic E-state index is 0.0343. The van der Waals surface area contributed by atoms with Crippen LogP contribution >= 0.6 is 22.7 Å². The largest absolute Gasteiger partial charge is 0.422 e. The summed E-state index contributed by atoms with van der Waals surface area (Å²) in [6, 6.07) is 14.8. The van der Waals surface area contributed by atoms with E-state index >= 15 is 0 Å². The first-order valence-corrected chi connectivity index (χ1v) is 11.0. The third-order valence-electron chi connectivity index (χ3n) is 4.69. The number of carbonyl (C=O) groups is 2. The van der Waals surface area contributed by atoms with Crippen molar-refractivity contribution in [2.75, 3.05) is 19.7 Å². The Morgan fingerprint density at radius 2 is 1.76 bits per heavy atom. The molecule has 0 N–H and O–H groups in total. The Morgan fingerprint density at radius 3 is 2.45 bits per heavy atom. The molecule has 29 heavy (non-hydrogen) atoms. The van der Waals surface area contributed by atoms with Crippen molar-refractivity contribution in [1.82, 2.24) is 4.90 Å². The van der Waals surface area contributed by atoms with Crippen LogP contribution in [0.3, 0.4) is 0 Å². The van der Waals surface area contributed by atoms with Crippen LogP contribution in [-0.4, -0.2) is 36.5 Å². The topological polar surface area (TPSA) is 55.8 Å². The number of morpholine rings is 1. The summed E-state index contributed by atoms with van der Waals surface area (Å²) in [4.78, 5) is 30.4. The highest BCUT2D eigenvalue weighted by Crippen LogP contribution is 2.28. The summed E-state index contributed by atoms with van der Waals surface area (Å²) in [7, 11) is 0. The molecule has 0 aliphatic carbocycles. The quantitative estimate of drug-likeness (QED) is 0.441. The van der Waals surface area contributed by atoms with E-state index in [0.717, 1.165) is 20.2 Å². The average molecular weight is 428 g/mol. The van der Waals surface area contributed by atoms with Gasteiger partial charge in [-0.2, -0.15) is 0 Å². The number of thiophene rings is 2. The summed E-state index contributed by atoms with van der Waals surface area (Å²) < 4.78 is 11.4. The van der Waals surface area contributed by atoms with Crippen molar-refractivity contribution in [3.05, 3.63) is 73.6 Å². The molecule has 1 saturated heterocycles. The molecule has 0 bridgehead atoms. The second-order valence-electron chi connectivity index (χ2n) is 6.89. The second-order valence-corrected chi connectivity index (χ2v) is 9.47. The fourth-order valence-corrected chi connectivity index (χ4v) is 4.80. The minimum atomic E-state index is -0.366. The lowest BCUT2D eigenvalue weighted by Crippen LogP contribution is -2.42. The van der Waals surface area contributed by atoms with Crippen LogP contribution in [-0.2, 0) is 4.74 Å². The number of esters is 1. The minimum Gasteiger partial charge on any atom is -0.422 e. The monoisotopic (exact) mass is 427 g/mol. The van der Waals surface area contributed by atoms with Crippen molar-refractivity contribution >= 4 is 34.6 Å². The maximum absolute atomic E-state index is 12.8. The molecule has 5 nitrogen and oxygen atoms in total. The normalized spacial score (nSPS) is 16.6. The number of rotatable bonds is 4. The lowest BCUT2D eigenvalue weighted by Gasteiger charge is -2.33. The fourth-order valence-electron chi connectivity index (χ4n) is 3.22. The van der Waals surface area contributed by atoms with Crippen LogP contribution in [0.1, 0.15) is 40.8 Å². The molecule has 0 radical (unpaired) electrons. The van der Waals surface area contributed by atoms with Gasteiger partial charge in [-0.3, -0.25) is 4.79 Å². The summed E-state index contributed by atoms with van der Waals surface area (Å²) in [6.45, 7) is 5.45. The van der Waals surface area contributed by atoms with E-state index in [1.807, 2.05) is 55.1 Å². The van der Waals surface area contributed by atoms with Gasteiger partial charge in [0.05, 0.1) is 18.0 Å². The van der Waals surface area contributed by atoms with E-state index < -0.39 is 0 Å². The van der Waals surface area contributed by atoms with Crippen LogP contribution < -0.4 is 4.74 Å². The van der Waals surface area contributed by atoms with Crippen molar-refractivity contribution in [2.24, 2.45) is 0 Å². The van der Waals surface area contributed by atoms with Gasteiger partial charge >= 0.3 is 5.97 Å². The second kappa shape index (κ2) is 8.49. The SMILES string of the molecule is Cc1ccc(C(=O)Oc2cccc([C@H]3CN(C(=O)c4ccc(C)s4)CCO3)c2)s1. The van der Waals surface area contributed by atoms with E-state index in [1.54, 1.807) is 12.1 Å². The first-order chi connectivity index (χ1) is 14.0. The predicted molar refractivity (Wildman–Crippen MR) is 114 cm³/mol. The van der Waals surface area contributed by atoms with Gasteiger partial charge in [0.15, 0.2) is 0 Å². The zero-order valence-corrected chi connectivity index (χ0v) is 17.8. The van der Waals surface area contributed by atoms with Crippen LogP contribution in [0, 0.1) is 13.8 Å². The standard InChI is InChI=1S/C22H21NO4S2/c1-14-6-8-19(28-14)21(24)23-10-11-26-18(13-23)16-4-3-5-17(12-16)27-22(25)20-9-7-15(2)29-20/h3-9,12,18H,10-11,13H2,1-2H3/t18-/m1/s1. The molecule has 4 rings (SSSR count). The fraction of sp³-hybridized carbons (Fsp3) is 0.273. The first-order valence-electron chi connectivity index (χ1n) is 9.35. The van der Waals surface area contributed by atoms with Crippen LogP contribution in [0.25, 0.3) is 0 Å². The van der Waals surface area contributed by atoms with E-state index in [9.17, 15) is 9.59 Å². The molecule has 0 unspecified atom stereocenters. The van der Waals surface area contributed by atoms with Gasteiger partial charge in [-0.15, -0.1) is 22.7 Å². The number of benzene rings is 1. The highest BCUT2D eigenvalue weighted by atomic mass is 32.1. The molecule has 3 aromatic rings. The molecule has 1 aliphatic rings. The Bertz CT molecular complexity index is 1040. The molecule has 7 heteroatoms. The molecule has 1 aromatic carbocycles. The van der Waals surface area contributed by atoms with E-state index in [2.05, 4.69) is 0 Å². The summed E-state index contributed by atoms with van der Waals surface area (Å²) in [6.07, 6.45) is -0.253. The van der Waals surface area contributed by atoms with Gasteiger partial charge in [0.2, 0.25) is 0 Å². The highest BCUT2D eigenvalue weighted by Gasteiger charge is 2.27. The van der Waals surface area contributed by atoms with E-state index in [1.165, 1.54) is 22.7 Å². The molecule has 1 aliphatic heterocycles.